The molecule has 2 aromatic heterocycles. The molecule has 0 radical (unpaired) electrons. The number of amides is 1. The molecule has 0 bridgehead atoms. The predicted octanol–water partition coefficient (Wildman–Crippen LogP) is 3.53. The Labute approximate surface area is 134 Å². The van der Waals surface area contributed by atoms with E-state index in [2.05, 4.69) is 4.98 Å². The lowest BCUT2D eigenvalue weighted by Crippen LogP contribution is -2.29. The zero-order chi connectivity index (χ0) is 15.8. The Morgan fingerprint density at radius 1 is 1.17 bits per heavy atom. The van der Waals surface area contributed by atoms with Gasteiger partial charge in [-0.25, -0.2) is 4.98 Å². The topological polar surface area (TPSA) is 46.1 Å². The van der Waals surface area contributed by atoms with Crippen molar-refractivity contribution >= 4 is 16.8 Å². The molecule has 4 nitrogen and oxygen atoms in total. The Kier molecular flexibility index (Phi) is 3.30. The SMILES string of the molecule is CN(C(=O)c1cc(-c2cccnc2)nc2ccccc12)C1CC1. The number of hydrogen-bond donors (Lipinski definition) is 0. The number of nitrogens with zero attached hydrogens (tertiary/aromatic N) is 3. The monoisotopic (exact) mass is 303 g/mol. The van der Waals surface area contributed by atoms with Crippen LogP contribution in [0, 0.1) is 0 Å². The first-order valence-corrected chi connectivity index (χ1v) is 7.81. The maximum absolute atomic E-state index is 12.9. The van der Waals surface area contributed by atoms with Crippen molar-refractivity contribution in [3.8, 4) is 11.3 Å². The van der Waals surface area contributed by atoms with Crippen LogP contribution >= 0.6 is 0 Å². The lowest BCUT2D eigenvalue weighted by atomic mass is 10.0. The molecule has 0 saturated heterocycles. The summed E-state index contributed by atoms with van der Waals surface area (Å²) in [6.07, 6.45) is 5.70. The standard InChI is InChI=1S/C19H17N3O/c1-22(14-8-9-14)19(23)16-11-18(13-5-4-10-20-12-13)21-17-7-3-2-6-15(16)17/h2-7,10-12,14H,8-9H2,1H3. The Morgan fingerprint density at radius 2 is 2.00 bits per heavy atom. The highest BCUT2D eigenvalue weighted by Gasteiger charge is 2.31. The van der Waals surface area contributed by atoms with Gasteiger partial charge in [-0.3, -0.25) is 9.78 Å². The average Bonchev–Trinajstić information content (AvgIpc) is 3.45. The second kappa shape index (κ2) is 5.47. The number of aromatic nitrogens is 2. The van der Waals surface area contributed by atoms with Gasteiger partial charge in [0.25, 0.3) is 5.91 Å². The van der Waals surface area contributed by atoms with Crippen LogP contribution in [0.15, 0.2) is 54.9 Å². The van der Waals surface area contributed by atoms with Gasteiger partial charge in [0.2, 0.25) is 0 Å². The van der Waals surface area contributed by atoms with Crippen LogP contribution in [-0.2, 0) is 0 Å². The number of rotatable bonds is 3. The largest absolute Gasteiger partial charge is 0.339 e. The van der Waals surface area contributed by atoms with Crippen molar-refractivity contribution in [3.63, 3.8) is 0 Å². The normalized spacial score (nSPS) is 14.0. The molecule has 4 heteroatoms. The quantitative estimate of drug-likeness (QED) is 0.743. The van der Waals surface area contributed by atoms with Gasteiger partial charge in [0.1, 0.15) is 0 Å². The highest BCUT2D eigenvalue weighted by Crippen LogP contribution is 2.30. The third-order valence-electron chi connectivity index (χ3n) is 4.32. The number of carbonyl (C=O) groups is 1. The molecule has 0 spiro atoms. The molecule has 2 heterocycles. The molecule has 4 rings (SSSR count). The fraction of sp³-hybridized carbons (Fsp3) is 0.211. The van der Waals surface area contributed by atoms with E-state index < -0.39 is 0 Å². The third kappa shape index (κ3) is 2.57. The Hall–Kier alpha value is -2.75. The number of pyridine rings is 2. The van der Waals surface area contributed by atoms with Crippen molar-refractivity contribution in [2.24, 2.45) is 0 Å². The number of fused-ring (bicyclic) bond motifs is 1. The van der Waals surface area contributed by atoms with Crippen molar-refractivity contribution in [2.75, 3.05) is 7.05 Å². The second-order valence-electron chi connectivity index (χ2n) is 5.96. The number of carbonyl (C=O) groups excluding carboxylic acids is 1. The predicted molar refractivity (Wildman–Crippen MR) is 90.1 cm³/mol. The third-order valence-corrected chi connectivity index (χ3v) is 4.32. The van der Waals surface area contributed by atoms with Gasteiger partial charge in [0, 0.05) is 36.4 Å². The van der Waals surface area contributed by atoms with Gasteiger partial charge in [0.15, 0.2) is 0 Å². The molecule has 1 saturated carbocycles. The maximum Gasteiger partial charge on any atom is 0.254 e. The molecule has 1 fully saturated rings. The summed E-state index contributed by atoms with van der Waals surface area (Å²) in [5, 5.41) is 0.901. The summed E-state index contributed by atoms with van der Waals surface area (Å²) in [6.45, 7) is 0. The van der Waals surface area contributed by atoms with E-state index in [1.165, 1.54) is 0 Å². The molecule has 114 valence electrons. The molecular weight excluding hydrogens is 286 g/mol. The van der Waals surface area contributed by atoms with Crippen molar-refractivity contribution in [3.05, 3.63) is 60.4 Å². The van der Waals surface area contributed by atoms with E-state index in [0.29, 0.717) is 11.6 Å². The van der Waals surface area contributed by atoms with Crippen LogP contribution in [-0.4, -0.2) is 33.9 Å². The zero-order valence-electron chi connectivity index (χ0n) is 12.9. The minimum atomic E-state index is 0.0660. The van der Waals surface area contributed by atoms with Gasteiger partial charge >= 0.3 is 0 Å². The van der Waals surface area contributed by atoms with Crippen LogP contribution in [0.3, 0.4) is 0 Å². The van der Waals surface area contributed by atoms with E-state index in [1.807, 2.05) is 54.4 Å². The zero-order valence-corrected chi connectivity index (χ0v) is 12.9. The van der Waals surface area contributed by atoms with Crippen molar-refractivity contribution in [1.29, 1.82) is 0 Å². The van der Waals surface area contributed by atoms with E-state index in [9.17, 15) is 4.79 Å². The molecule has 1 aromatic carbocycles. The first-order valence-electron chi connectivity index (χ1n) is 7.81. The molecule has 0 atom stereocenters. The van der Waals surface area contributed by atoms with Gasteiger partial charge in [-0.2, -0.15) is 0 Å². The summed E-state index contributed by atoms with van der Waals surface area (Å²) in [6, 6.07) is 13.9. The molecule has 3 aromatic rings. The number of para-hydroxylation sites is 1. The Bertz CT molecular complexity index is 872. The molecule has 23 heavy (non-hydrogen) atoms. The minimum absolute atomic E-state index is 0.0660. The molecule has 0 unspecified atom stereocenters. The lowest BCUT2D eigenvalue weighted by Gasteiger charge is -2.18. The van der Waals surface area contributed by atoms with Crippen molar-refractivity contribution < 1.29 is 4.79 Å². The molecule has 1 aliphatic rings. The van der Waals surface area contributed by atoms with Gasteiger partial charge in [-0.1, -0.05) is 18.2 Å². The Morgan fingerprint density at radius 3 is 2.74 bits per heavy atom. The summed E-state index contributed by atoms with van der Waals surface area (Å²) < 4.78 is 0. The molecule has 0 N–H and O–H groups in total. The van der Waals surface area contributed by atoms with Crippen LogP contribution in [0.4, 0.5) is 0 Å². The van der Waals surface area contributed by atoms with Gasteiger partial charge in [0.05, 0.1) is 16.8 Å². The molecule has 0 aliphatic heterocycles. The van der Waals surface area contributed by atoms with Crippen LogP contribution in [0.25, 0.3) is 22.2 Å². The second-order valence-corrected chi connectivity index (χ2v) is 5.96. The van der Waals surface area contributed by atoms with Gasteiger partial charge in [-0.15, -0.1) is 0 Å². The van der Waals surface area contributed by atoms with Crippen LogP contribution in [0.1, 0.15) is 23.2 Å². The molecular formula is C19H17N3O. The van der Waals surface area contributed by atoms with E-state index >= 15 is 0 Å². The number of benzene rings is 1. The first-order chi connectivity index (χ1) is 11.2. The van der Waals surface area contributed by atoms with E-state index in [1.54, 1.807) is 12.4 Å². The maximum atomic E-state index is 12.9. The van der Waals surface area contributed by atoms with Crippen LogP contribution in [0.5, 0.6) is 0 Å². The molecule has 1 aliphatic carbocycles. The highest BCUT2D eigenvalue weighted by molar-refractivity contribution is 6.07. The summed E-state index contributed by atoms with van der Waals surface area (Å²) in [5.74, 6) is 0.0660. The summed E-state index contributed by atoms with van der Waals surface area (Å²) in [7, 11) is 1.89. The Balaban J connectivity index is 1.89. The summed E-state index contributed by atoms with van der Waals surface area (Å²) in [4.78, 5) is 23.6. The fourth-order valence-electron chi connectivity index (χ4n) is 2.83. The molecule has 1 amide bonds. The van der Waals surface area contributed by atoms with E-state index in [-0.39, 0.29) is 5.91 Å². The van der Waals surface area contributed by atoms with Gasteiger partial charge < -0.3 is 4.90 Å². The smallest absolute Gasteiger partial charge is 0.254 e. The van der Waals surface area contributed by atoms with Crippen molar-refractivity contribution in [1.82, 2.24) is 14.9 Å². The van der Waals surface area contributed by atoms with Crippen LogP contribution < -0.4 is 0 Å². The lowest BCUT2D eigenvalue weighted by molar-refractivity contribution is 0.0787. The van der Waals surface area contributed by atoms with Crippen molar-refractivity contribution in [2.45, 2.75) is 18.9 Å². The summed E-state index contributed by atoms with van der Waals surface area (Å²) >= 11 is 0. The average molecular weight is 303 g/mol. The summed E-state index contributed by atoms with van der Waals surface area (Å²) in [5.41, 5.74) is 3.25. The fourth-order valence-corrected chi connectivity index (χ4v) is 2.83. The number of hydrogen-bond acceptors (Lipinski definition) is 3. The first kappa shape index (κ1) is 13.9. The van der Waals surface area contributed by atoms with E-state index in [0.717, 1.165) is 35.0 Å². The minimum Gasteiger partial charge on any atom is -0.339 e. The highest BCUT2D eigenvalue weighted by atomic mass is 16.2. The van der Waals surface area contributed by atoms with Gasteiger partial charge in [-0.05, 0) is 37.1 Å². The van der Waals surface area contributed by atoms with Crippen LogP contribution in [0.2, 0.25) is 0 Å². The van der Waals surface area contributed by atoms with E-state index in [4.69, 9.17) is 4.98 Å².